The van der Waals surface area contributed by atoms with Crippen LogP contribution in [0.2, 0.25) is 0 Å². The van der Waals surface area contributed by atoms with E-state index in [2.05, 4.69) is 14.8 Å². The van der Waals surface area contributed by atoms with Crippen molar-refractivity contribution in [1.29, 1.82) is 0 Å². The van der Waals surface area contributed by atoms with E-state index in [4.69, 9.17) is 4.74 Å². The molecule has 2 atom stereocenters. The van der Waals surface area contributed by atoms with Gasteiger partial charge in [-0.1, -0.05) is 19.3 Å². The number of methoxy groups -OCH3 is 1. The summed E-state index contributed by atoms with van der Waals surface area (Å²) in [6.07, 6.45) is 7.64. The molecule has 1 amide bonds. The molecule has 0 bridgehead atoms. The van der Waals surface area contributed by atoms with Crippen LogP contribution >= 0.6 is 0 Å². The van der Waals surface area contributed by atoms with Gasteiger partial charge in [0.05, 0.1) is 24.2 Å². The predicted octanol–water partition coefficient (Wildman–Crippen LogP) is 1.60. The molecule has 1 aliphatic carbocycles. The van der Waals surface area contributed by atoms with E-state index in [9.17, 15) is 9.90 Å². The number of aliphatic hydroxyl groups is 1. The van der Waals surface area contributed by atoms with Gasteiger partial charge in [-0.15, -0.1) is 10.2 Å². The first-order valence-corrected chi connectivity index (χ1v) is 9.56. The Morgan fingerprint density at radius 3 is 2.84 bits per heavy atom. The van der Waals surface area contributed by atoms with Crippen LogP contribution in [-0.2, 0) is 22.5 Å². The first kappa shape index (κ1) is 17.0. The number of carbonyl (C=O) groups is 1. The zero-order valence-electron chi connectivity index (χ0n) is 15.0. The number of aromatic nitrogens is 3. The van der Waals surface area contributed by atoms with Crippen molar-refractivity contribution < 1.29 is 14.6 Å². The van der Waals surface area contributed by atoms with E-state index >= 15 is 0 Å². The average molecular weight is 348 g/mol. The lowest BCUT2D eigenvalue weighted by molar-refractivity contribution is -0.139. The second-order valence-corrected chi connectivity index (χ2v) is 7.85. The summed E-state index contributed by atoms with van der Waals surface area (Å²) < 4.78 is 7.71. The van der Waals surface area contributed by atoms with Crippen LogP contribution in [0.15, 0.2) is 0 Å². The van der Waals surface area contributed by atoms with Crippen LogP contribution in [0.5, 0.6) is 0 Å². The zero-order chi connectivity index (χ0) is 17.4. The van der Waals surface area contributed by atoms with Crippen LogP contribution in [0, 0.1) is 0 Å². The van der Waals surface area contributed by atoms with E-state index in [0.717, 1.165) is 69.6 Å². The van der Waals surface area contributed by atoms with E-state index in [1.54, 1.807) is 7.11 Å². The number of rotatable bonds is 4. The highest BCUT2D eigenvalue weighted by Gasteiger charge is 2.42. The van der Waals surface area contributed by atoms with Gasteiger partial charge in [-0.2, -0.15) is 0 Å². The van der Waals surface area contributed by atoms with Gasteiger partial charge < -0.3 is 19.3 Å². The molecule has 1 N–H and O–H groups in total. The number of ether oxygens (including phenoxy) is 1. The second-order valence-electron chi connectivity index (χ2n) is 7.85. The Balaban J connectivity index is 1.54. The third-order valence-electron chi connectivity index (χ3n) is 6.12. The highest BCUT2D eigenvalue weighted by molar-refractivity contribution is 5.78. The Morgan fingerprint density at radius 2 is 2.08 bits per heavy atom. The van der Waals surface area contributed by atoms with Gasteiger partial charge in [-0.05, 0) is 19.3 Å². The van der Waals surface area contributed by atoms with Gasteiger partial charge >= 0.3 is 0 Å². The molecule has 138 valence electrons. The Kier molecular flexibility index (Phi) is 4.54. The molecule has 2 aliphatic heterocycles. The van der Waals surface area contributed by atoms with Gasteiger partial charge in [0.15, 0.2) is 5.82 Å². The number of fused-ring (bicyclic) bond motifs is 1. The number of nitrogens with zero attached hydrogens (tertiary/aromatic N) is 4. The average Bonchev–Trinajstić information content (AvgIpc) is 3.29. The summed E-state index contributed by atoms with van der Waals surface area (Å²) in [7, 11) is 1.69. The van der Waals surface area contributed by atoms with Crippen molar-refractivity contribution in [2.24, 2.45) is 0 Å². The number of aryl methyl sites for hydroxylation is 1. The quantitative estimate of drug-likeness (QED) is 0.894. The Labute approximate surface area is 148 Å². The van der Waals surface area contributed by atoms with Crippen molar-refractivity contribution in [2.75, 3.05) is 13.7 Å². The van der Waals surface area contributed by atoms with Crippen molar-refractivity contribution in [3.63, 3.8) is 0 Å². The first-order chi connectivity index (χ1) is 12.1. The van der Waals surface area contributed by atoms with Gasteiger partial charge in [-0.3, -0.25) is 4.79 Å². The van der Waals surface area contributed by atoms with Crippen LogP contribution in [-0.4, -0.2) is 56.0 Å². The van der Waals surface area contributed by atoms with Crippen LogP contribution in [0.1, 0.15) is 69.1 Å². The third-order valence-corrected chi connectivity index (χ3v) is 6.12. The summed E-state index contributed by atoms with van der Waals surface area (Å²) >= 11 is 0. The van der Waals surface area contributed by atoms with Crippen LogP contribution in [0.25, 0.3) is 0 Å². The summed E-state index contributed by atoms with van der Waals surface area (Å²) in [6, 6.07) is -0.0935. The van der Waals surface area contributed by atoms with E-state index < -0.39 is 5.60 Å². The minimum atomic E-state index is -0.835. The van der Waals surface area contributed by atoms with Crippen LogP contribution in [0.3, 0.4) is 0 Å². The smallest absolute Gasteiger partial charge is 0.226 e. The van der Waals surface area contributed by atoms with Gasteiger partial charge in [0, 0.05) is 33.0 Å². The lowest BCUT2D eigenvalue weighted by Crippen LogP contribution is -2.41. The standard InChI is InChI=1S/C18H28N4O3/c1-25-13-10-14(17-20-19-15-6-5-9-21(15)17)22(12-13)16(23)11-18(24)7-3-2-4-8-18/h13-14,24H,2-12H2,1H3/t13-,14+/m1/s1. The number of likely N-dealkylation sites (tertiary alicyclic amines) is 1. The molecule has 1 saturated carbocycles. The minimum absolute atomic E-state index is 0.0179. The normalized spacial score (nSPS) is 28.3. The van der Waals surface area contributed by atoms with Gasteiger partial charge in [0.2, 0.25) is 5.91 Å². The number of carbonyl (C=O) groups excluding carboxylic acids is 1. The molecule has 25 heavy (non-hydrogen) atoms. The summed E-state index contributed by atoms with van der Waals surface area (Å²) in [5.74, 6) is 1.93. The molecule has 3 aliphatic rings. The topological polar surface area (TPSA) is 80.5 Å². The molecule has 2 fully saturated rings. The molecule has 0 radical (unpaired) electrons. The third kappa shape index (κ3) is 3.19. The molecular formula is C18H28N4O3. The molecular weight excluding hydrogens is 320 g/mol. The SMILES string of the molecule is CO[C@@H]1C[C@@H](c2nnc3n2CCC3)N(C(=O)CC2(O)CCCCC2)C1. The fraction of sp³-hybridized carbons (Fsp3) is 0.833. The highest BCUT2D eigenvalue weighted by atomic mass is 16.5. The van der Waals surface area contributed by atoms with Crippen molar-refractivity contribution in [3.05, 3.63) is 11.6 Å². The minimum Gasteiger partial charge on any atom is -0.389 e. The maximum absolute atomic E-state index is 13.0. The number of hydrogen-bond donors (Lipinski definition) is 1. The summed E-state index contributed by atoms with van der Waals surface area (Å²) in [6.45, 7) is 1.50. The molecule has 7 heteroatoms. The van der Waals surface area contributed by atoms with E-state index in [1.165, 1.54) is 0 Å². The molecule has 0 aromatic carbocycles. The fourth-order valence-electron chi connectivity index (χ4n) is 4.68. The second kappa shape index (κ2) is 6.68. The first-order valence-electron chi connectivity index (χ1n) is 9.56. The van der Waals surface area contributed by atoms with Crippen molar-refractivity contribution >= 4 is 5.91 Å². The fourth-order valence-corrected chi connectivity index (χ4v) is 4.68. The molecule has 3 heterocycles. The predicted molar refractivity (Wildman–Crippen MR) is 90.9 cm³/mol. The molecule has 0 spiro atoms. The molecule has 1 saturated heterocycles. The number of hydrogen-bond acceptors (Lipinski definition) is 5. The molecule has 7 nitrogen and oxygen atoms in total. The van der Waals surface area contributed by atoms with E-state index in [-0.39, 0.29) is 24.5 Å². The lowest BCUT2D eigenvalue weighted by Gasteiger charge is -2.34. The zero-order valence-corrected chi connectivity index (χ0v) is 15.0. The summed E-state index contributed by atoms with van der Waals surface area (Å²) in [4.78, 5) is 14.9. The van der Waals surface area contributed by atoms with Gasteiger partial charge in [-0.25, -0.2) is 0 Å². The maximum atomic E-state index is 13.0. The van der Waals surface area contributed by atoms with Gasteiger partial charge in [0.1, 0.15) is 5.82 Å². The lowest BCUT2D eigenvalue weighted by atomic mass is 9.82. The highest BCUT2D eigenvalue weighted by Crippen LogP contribution is 2.37. The van der Waals surface area contributed by atoms with Gasteiger partial charge in [0.25, 0.3) is 0 Å². The van der Waals surface area contributed by atoms with Crippen molar-refractivity contribution in [1.82, 2.24) is 19.7 Å². The molecule has 4 rings (SSSR count). The Hall–Kier alpha value is -1.47. The van der Waals surface area contributed by atoms with Crippen molar-refractivity contribution in [3.8, 4) is 0 Å². The van der Waals surface area contributed by atoms with Crippen LogP contribution < -0.4 is 0 Å². The number of amides is 1. The molecule has 1 aromatic rings. The maximum Gasteiger partial charge on any atom is 0.226 e. The summed E-state index contributed by atoms with van der Waals surface area (Å²) in [5.41, 5.74) is -0.835. The van der Waals surface area contributed by atoms with Crippen molar-refractivity contribution in [2.45, 2.75) is 82.1 Å². The largest absolute Gasteiger partial charge is 0.389 e. The molecule has 1 aromatic heterocycles. The van der Waals surface area contributed by atoms with Crippen LogP contribution in [0.4, 0.5) is 0 Å². The monoisotopic (exact) mass is 348 g/mol. The molecule has 0 unspecified atom stereocenters. The van der Waals surface area contributed by atoms with E-state index in [0.29, 0.717) is 6.54 Å². The summed E-state index contributed by atoms with van der Waals surface area (Å²) in [5, 5.41) is 19.5. The van der Waals surface area contributed by atoms with E-state index in [1.807, 2.05) is 4.90 Å². The Bertz CT molecular complexity index is 638. The Morgan fingerprint density at radius 1 is 1.28 bits per heavy atom.